The van der Waals surface area contributed by atoms with E-state index in [1.807, 2.05) is 42.0 Å². The van der Waals surface area contributed by atoms with Crippen molar-refractivity contribution in [2.24, 2.45) is 0 Å². The van der Waals surface area contributed by atoms with E-state index in [9.17, 15) is 0 Å². The molecule has 1 heterocycles. The van der Waals surface area contributed by atoms with Crippen LogP contribution in [-0.2, 0) is 6.54 Å². The molecular weight excluding hydrogens is 226 g/mol. The van der Waals surface area contributed by atoms with Crippen molar-refractivity contribution in [2.75, 3.05) is 12.3 Å². The number of nitrogens with two attached hydrogens (primary N) is 1. The molecule has 0 bridgehead atoms. The molecule has 4 nitrogen and oxygen atoms in total. The van der Waals surface area contributed by atoms with E-state index in [4.69, 9.17) is 15.7 Å². The summed E-state index contributed by atoms with van der Waals surface area (Å²) in [7, 11) is 0. The number of hydrogen-bond acceptors (Lipinski definition) is 3. The fourth-order valence-corrected chi connectivity index (χ4v) is 1.86. The summed E-state index contributed by atoms with van der Waals surface area (Å²) in [5.74, 6) is 0.810. The van der Waals surface area contributed by atoms with Crippen LogP contribution in [0.4, 0.5) is 5.69 Å². The average molecular weight is 241 g/mol. The molecule has 0 amide bonds. The summed E-state index contributed by atoms with van der Waals surface area (Å²) < 4.78 is 7.43. The predicted octanol–water partition coefficient (Wildman–Crippen LogP) is 2.39. The summed E-state index contributed by atoms with van der Waals surface area (Å²) in [5.41, 5.74) is 8.09. The van der Waals surface area contributed by atoms with Crippen molar-refractivity contribution in [3.8, 4) is 11.8 Å². The lowest BCUT2D eigenvalue weighted by Gasteiger charge is -2.12. The maximum Gasteiger partial charge on any atom is 0.124 e. The topological polar surface area (TPSA) is 64.0 Å². The molecule has 0 atom stereocenters. The van der Waals surface area contributed by atoms with Gasteiger partial charge in [-0.15, -0.1) is 0 Å². The van der Waals surface area contributed by atoms with Crippen molar-refractivity contribution >= 4 is 5.69 Å². The second-order valence-electron chi connectivity index (χ2n) is 3.93. The monoisotopic (exact) mass is 241 g/mol. The van der Waals surface area contributed by atoms with Gasteiger partial charge in [0, 0.05) is 17.4 Å². The van der Waals surface area contributed by atoms with E-state index in [2.05, 4.69) is 6.07 Å². The highest BCUT2D eigenvalue weighted by Gasteiger charge is 2.07. The SMILES string of the molecule is CCOc1ccc(N)cc1Cn1cccc1C#N. The first kappa shape index (κ1) is 12.1. The van der Waals surface area contributed by atoms with Crippen molar-refractivity contribution in [2.45, 2.75) is 13.5 Å². The van der Waals surface area contributed by atoms with Gasteiger partial charge in [0.2, 0.25) is 0 Å². The summed E-state index contributed by atoms with van der Waals surface area (Å²) >= 11 is 0. The van der Waals surface area contributed by atoms with E-state index in [0.29, 0.717) is 24.5 Å². The van der Waals surface area contributed by atoms with E-state index in [0.717, 1.165) is 11.3 Å². The number of anilines is 1. The van der Waals surface area contributed by atoms with Gasteiger partial charge in [-0.25, -0.2) is 0 Å². The van der Waals surface area contributed by atoms with Crippen molar-refractivity contribution in [3.63, 3.8) is 0 Å². The normalized spacial score (nSPS) is 10.0. The van der Waals surface area contributed by atoms with Crippen LogP contribution in [0, 0.1) is 11.3 Å². The quantitative estimate of drug-likeness (QED) is 0.836. The number of rotatable bonds is 4. The zero-order valence-corrected chi connectivity index (χ0v) is 10.3. The van der Waals surface area contributed by atoms with Crippen LogP contribution < -0.4 is 10.5 Å². The Morgan fingerprint density at radius 1 is 1.39 bits per heavy atom. The van der Waals surface area contributed by atoms with Crippen molar-refractivity contribution < 1.29 is 4.74 Å². The third kappa shape index (κ3) is 2.46. The van der Waals surface area contributed by atoms with Crippen LogP contribution in [0.1, 0.15) is 18.2 Å². The first-order valence-corrected chi connectivity index (χ1v) is 5.81. The highest BCUT2D eigenvalue weighted by Crippen LogP contribution is 2.23. The van der Waals surface area contributed by atoms with Gasteiger partial charge in [0.05, 0.1) is 13.2 Å². The molecule has 1 aromatic carbocycles. The van der Waals surface area contributed by atoms with Crippen LogP contribution in [0.5, 0.6) is 5.75 Å². The third-order valence-corrected chi connectivity index (χ3v) is 2.67. The summed E-state index contributed by atoms with van der Waals surface area (Å²) in [4.78, 5) is 0. The maximum absolute atomic E-state index is 8.99. The predicted molar refractivity (Wildman–Crippen MR) is 70.3 cm³/mol. The van der Waals surface area contributed by atoms with Crippen LogP contribution >= 0.6 is 0 Å². The number of nitrogen functional groups attached to an aromatic ring is 1. The van der Waals surface area contributed by atoms with Crippen LogP contribution in [0.25, 0.3) is 0 Å². The Kier molecular flexibility index (Phi) is 3.54. The molecule has 0 radical (unpaired) electrons. The third-order valence-electron chi connectivity index (χ3n) is 2.67. The lowest BCUT2D eigenvalue weighted by Crippen LogP contribution is -2.04. The van der Waals surface area contributed by atoms with Gasteiger partial charge in [-0.2, -0.15) is 5.26 Å². The minimum atomic E-state index is 0.580. The lowest BCUT2D eigenvalue weighted by atomic mass is 10.1. The molecule has 92 valence electrons. The molecule has 0 aliphatic rings. The van der Waals surface area contributed by atoms with Gasteiger partial charge in [0.25, 0.3) is 0 Å². The first-order chi connectivity index (χ1) is 8.74. The molecule has 2 aromatic rings. The van der Waals surface area contributed by atoms with Gasteiger partial charge in [0.15, 0.2) is 0 Å². The number of ether oxygens (including phenoxy) is 1. The van der Waals surface area contributed by atoms with E-state index < -0.39 is 0 Å². The molecule has 4 heteroatoms. The molecule has 0 aliphatic heterocycles. The number of aromatic nitrogens is 1. The summed E-state index contributed by atoms with van der Waals surface area (Å²) in [6.45, 7) is 3.13. The molecule has 1 aromatic heterocycles. The highest BCUT2D eigenvalue weighted by atomic mass is 16.5. The number of nitrogens with zero attached hydrogens (tertiary/aromatic N) is 2. The largest absolute Gasteiger partial charge is 0.494 e. The van der Waals surface area contributed by atoms with Crippen LogP contribution in [0.15, 0.2) is 36.5 Å². The van der Waals surface area contributed by atoms with Gasteiger partial charge in [-0.05, 0) is 37.3 Å². The Hall–Kier alpha value is -2.41. The Labute approximate surface area is 106 Å². The van der Waals surface area contributed by atoms with E-state index in [1.165, 1.54) is 0 Å². The van der Waals surface area contributed by atoms with Crippen molar-refractivity contribution in [1.29, 1.82) is 5.26 Å². The molecule has 0 spiro atoms. The zero-order valence-electron chi connectivity index (χ0n) is 10.3. The van der Waals surface area contributed by atoms with E-state index in [1.54, 1.807) is 6.07 Å². The van der Waals surface area contributed by atoms with Gasteiger partial charge >= 0.3 is 0 Å². The van der Waals surface area contributed by atoms with Gasteiger partial charge in [0.1, 0.15) is 17.5 Å². The standard InChI is InChI=1S/C14H15N3O/c1-2-18-14-6-5-12(16)8-11(14)10-17-7-3-4-13(17)9-15/h3-8H,2,10,16H2,1H3. The van der Waals surface area contributed by atoms with E-state index >= 15 is 0 Å². The van der Waals surface area contributed by atoms with Crippen LogP contribution in [-0.4, -0.2) is 11.2 Å². The molecule has 0 aliphatic carbocycles. The Balaban J connectivity index is 2.33. The number of hydrogen-bond donors (Lipinski definition) is 1. The second-order valence-corrected chi connectivity index (χ2v) is 3.93. The molecule has 2 rings (SSSR count). The van der Waals surface area contributed by atoms with Gasteiger partial charge in [-0.3, -0.25) is 0 Å². The summed E-state index contributed by atoms with van der Waals surface area (Å²) in [5, 5.41) is 8.99. The first-order valence-electron chi connectivity index (χ1n) is 5.81. The lowest BCUT2D eigenvalue weighted by molar-refractivity contribution is 0.336. The summed E-state index contributed by atoms with van der Waals surface area (Å²) in [6.07, 6.45) is 1.87. The van der Waals surface area contributed by atoms with Crippen LogP contribution in [0.2, 0.25) is 0 Å². The molecule has 0 saturated carbocycles. The Morgan fingerprint density at radius 3 is 2.94 bits per heavy atom. The van der Waals surface area contributed by atoms with E-state index in [-0.39, 0.29) is 0 Å². The molecule has 18 heavy (non-hydrogen) atoms. The van der Waals surface area contributed by atoms with Crippen molar-refractivity contribution in [3.05, 3.63) is 47.8 Å². The smallest absolute Gasteiger partial charge is 0.124 e. The molecule has 0 unspecified atom stereocenters. The molecule has 0 saturated heterocycles. The highest BCUT2D eigenvalue weighted by molar-refractivity contribution is 5.48. The molecule has 0 fully saturated rings. The fourth-order valence-electron chi connectivity index (χ4n) is 1.86. The fraction of sp³-hybridized carbons (Fsp3) is 0.214. The molecular formula is C14H15N3O. The minimum absolute atomic E-state index is 0.580. The zero-order chi connectivity index (χ0) is 13.0. The average Bonchev–Trinajstić information content (AvgIpc) is 2.80. The number of benzene rings is 1. The Morgan fingerprint density at radius 2 is 2.22 bits per heavy atom. The van der Waals surface area contributed by atoms with Crippen LogP contribution in [0.3, 0.4) is 0 Å². The van der Waals surface area contributed by atoms with Gasteiger partial charge in [-0.1, -0.05) is 0 Å². The Bertz CT molecular complexity index is 581. The van der Waals surface area contributed by atoms with Crippen molar-refractivity contribution in [1.82, 2.24) is 4.57 Å². The minimum Gasteiger partial charge on any atom is -0.494 e. The second kappa shape index (κ2) is 5.28. The number of nitriles is 1. The summed E-state index contributed by atoms with van der Waals surface area (Å²) in [6, 6.07) is 11.4. The molecule has 2 N–H and O–H groups in total. The maximum atomic E-state index is 8.99. The van der Waals surface area contributed by atoms with Gasteiger partial charge < -0.3 is 15.0 Å².